The van der Waals surface area contributed by atoms with Crippen molar-refractivity contribution in [3.63, 3.8) is 0 Å². The first-order valence-corrected chi connectivity index (χ1v) is 11.8. The minimum absolute atomic E-state index is 0.0464. The van der Waals surface area contributed by atoms with Crippen molar-refractivity contribution in [2.75, 3.05) is 18.4 Å². The fourth-order valence-corrected chi connectivity index (χ4v) is 4.55. The van der Waals surface area contributed by atoms with E-state index < -0.39 is 0 Å². The molecule has 0 radical (unpaired) electrons. The standard InChI is InChI=1S/C27H32N4O2/c1-4-20-11-13-21(14-12-20)22-15-23(26(32)28-24-9-7-6-8-10-24)17-30(16-22)27(33)25-18-31(5-2)29-19(25)3/h6-14,18,22-23H,4-5,15-17H2,1-3H3,(H,28,32). The van der Waals surface area contributed by atoms with Crippen molar-refractivity contribution >= 4 is 17.5 Å². The van der Waals surface area contributed by atoms with Crippen LogP contribution in [0, 0.1) is 12.8 Å². The van der Waals surface area contributed by atoms with Gasteiger partial charge in [0.05, 0.1) is 17.2 Å². The van der Waals surface area contributed by atoms with Gasteiger partial charge in [-0.05, 0) is 49.9 Å². The highest BCUT2D eigenvalue weighted by molar-refractivity contribution is 5.97. The molecule has 3 aromatic rings. The van der Waals surface area contributed by atoms with Gasteiger partial charge >= 0.3 is 0 Å². The molecule has 2 aromatic carbocycles. The van der Waals surface area contributed by atoms with E-state index in [-0.39, 0.29) is 23.7 Å². The number of carbonyl (C=O) groups is 2. The van der Waals surface area contributed by atoms with Crippen molar-refractivity contribution < 1.29 is 9.59 Å². The zero-order chi connectivity index (χ0) is 23.4. The summed E-state index contributed by atoms with van der Waals surface area (Å²) in [6.07, 6.45) is 3.51. The summed E-state index contributed by atoms with van der Waals surface area (Å²) in [5.41, 5.74) is 4.56. The van der Waals surface area contributed by atoms with Gasteiger partial charge < -0.3 is 10.2 Å². The molecule has 0 saturated carbocycles. The number of hydrogen-bond donors (Lipinski definition) is 1. The number of hydrogen-bond acceptors (Lipinski definition) is 3. The first-order chi connectivity index (χ1) is 16.0. The summed E-state index contributed by atoms with van der Waals surface area (Å²) in [5, 5.41) is 7.47. The molecule has 2 heterocycles. The summed E-state index contributed by atoms with van der Waals surface area (Å²) < 4.78 is 1.78. The fourth-order valence-electron chi connectivity index (χ4n) is 4.55. The van der Waals surface area contributed by atoms with Gasteiger partial charge in [0.25, 0.3) is 5.91 Å². The number of benzene rings is 2. The number of anilines is 1. The minimum Gasteiger partial charge on any atom is -0.337 e. The van der Waals surface area contributed by atoms with E-state index in [0.717, 1.165) is 17.8 Å². The van der Waals surface area contributed by atoms with Crippen LogP contribution in [0.2, 0.25) is 0 Å². The average Bonchev–Trinajstić information content (AvgIpc) is 3.24. The van der Waals surface area contributed by atoms with Gasteiger partial charge in [-0.3, -0.25) is 14.3 Å². The first-order valence-electron chi connectivity index (χ1n) is 11.8. The van der Waals surface area contributed by atoms with E-state index in [0.29, 0.717) is 31.6 Å². The molecule has 2 unspecified atom stereocenters. The molecule has 0 bridgehead atoms. The molecule has 2 atom stereocenters. The van der Waals surface area contributed by atoms with E-state index in [1.54, 1.807) is 4.68 Å². The van der Waals surface area contributed by atoms with Gasteiger partial charge in [0.2, 0.25) is 5.91 Å². The molecule has 0 spiro atoms. The smallest absolute Gasteiger partial charge is 0.257 e. The third-order valence-electron chi connectivity index (χ3n) is 6.51. The summed E-state index contributed by atoms with van der Waals surface area (Å²) in [4.78, 5) is 28.5. The lowest BCUT2D eigenvalue weighted by molar-refractivity contribution is -0.121. The average molecular weight is 445 g/mol. The van der Waals surface area contributed by atoms with Crippen LogP contribution < -0.4 is 5.32 Å². The van der Waals surface area contributed by atoms with Gasteiger partial charge in [0.1, 0.15) is 0 Å². The zero-order valence-corrected chi connectivity index (χ0v) is 19.6. The monoisotopic (exact) mass is 444 g/mol. The predicted octanol–water partition coefficient (Wildman–Crippen LogP) is 4.66. The molecule has 4 rings (SSSR count). The third kappa shape index (κ3) is 5.16. The van der Waals surface area contributed by atoms with E-state index in [2.05, 4.69) is 41.6 Å². The van der Waals surface area contributed by atoms with Crippen molar-refractivity contribution in [2.45, 2.75) is 46.1 Å². The maximum absolute atomic E-state index is 13.5. The zero-order valence-electron chi connectivity index (χ0n) is 19.6. The van der Waals surface area contributed by atoms with Gasteiger partial charge in [-0.2, -0.15) is 5.10 Å². The molecule has 1 aliphatic rings. The molecule has 6 nitrogen and oxygen atoms in total. The summed E-state index contributed by atoms with van der Waals surface area (Å²) >= 11 is 0. The van der Waals surface area contributed by atoms with Crippen LogP contribution in [0.1, 0.15) is 53.4 Å². The summed E-state index contributed by atoms with van der Waals surface area (Å²) in [6.45, 7) is 7.71. The van der Waals surface area contributed by atoms with Gasteiger partial charge in [0, 0.05) is 37.4 Å². The van der Waals surface area contributed by atoms with Gasteiger partial charge in [-0.1, -0.05) is 49.4 Å². The quantitative estimate of drug-likeness (QED) is 0.601. The Morgan fingerprint density at radius 1 is 1.03 bits per heavy atom. The lowest BCUT2D eigenvalue weighted by Gasteiger charge is -2.37. The number of aromatic nitrogens is 2. The number of aryl methyl sites for hydroxylation is 3. The predicted molar refractivity (Wildman–Crippen MR) is 130 cm³/mol. The molecular weight excluding hydrogens is 412 g/mol. The van der Waals surface area contributed by atoms with Gasteiger partial charge in [-0.25, -0.2) is 0 Å². The summed E-state index contributed by atoms with van der Waals surface area (Å²) in [5.74, 6) is -0.295. The number of amides is 2. The third-order valence-corrected chi connectivity index (χ3v) is 6.51. The van der Waals surface area contributed by atoms with Gasteiger partial charge in [-0.15, -0.1) is 0 Å². The highest BCUT2D eigenvalue weighted by Gasteiger charge is 2.35. The van der Waals surface area contributed by atoms with Crippen LogP contribution in [0.25, 0.3) is 0 Å². The first kappa shape index (κ1) is 22.8. The second kappa shape index (κ2) is 10.0. The van der Waals surface area contributed by atoms with Crippen LogP contribution in [-0.4, -0.2) is 39.6 Å². The molecule has 0 aliphatic carbocycles. The van der Waals surface area contributed by atoms with Crippen molar-refractivity contribution in [3.05, 3.63) is 83.2 Å². The number of para-hydroxylation sites is 1. The van der Waals surface area contributed by atoms with Crippen molar-refractivity contribution in [3.8, 4) is 0 Å². The largest absolute Gasteiger partial charge is 0.337 e. The Balaban J connectivity index is 1.60. The minimum atomic E-state index is -0.291. The van der Waals surface area contributed by atoms with Crippen LogP contribution in [0.3, 0.4) is 0 Å². The Kier molecular flexibility index (Phi) is 6.92. The molecule has 1 aromatic heterocycles. The SMILES string of the molecule is CCc1ccc(C2CC(C(=O)Nc3ccccc3)CN(C(=O)c3cn(CC)nc3C)C2)cc1. The molecule has 2 amide bonds. The van der Waals surface area contributed by atoms with Gasteiger partial charge in [0.15, 0.2) is 0 Å². The highest BCUT2D eigenvalue weighted by atomic mass is 16.2. The van der Waals surface area contributed by atoms with Crippen LogP contribution in [0.4, 0.5) is 5.69 Å². The fraction of sp³-hybridized carbons (Fsp3) is 0.370. The van der Waals surface area contributed by atoms with E-state index in [1.165, 1.54) is 11.1 Å². The molecule has 1 aliphatic heterocycles. The second-order valence-corrected chi connectivity index (χ2v) is 8.77. The Bertz CT molecular complexity index is 1100. The normalized spacial score (nSPS) is 18.2. The topological polar surface area (TPSA) is 67.2 Å². The number of carbonyl (C=O) groups excluding carboxylic acids is 2. The summed E-state index contributed by atoms with van der Waals surface area (Å²) in [7, 11) is 0. The lowest BCUT2D eigenvalue weighted by atomic mass is 9.83. The number of nitrogens with one attached hydrogen (secondary N) is 1. The van der Waals surface area contributed by atoms with E-state index in [9.17, 15) is 9.59 Å². The van der Waals surface area contributed by atoms with Crippen molar-refractivity contribution in [2.24, 2.45) is 5.92 Å². The molecule has 33 heavy (non-hydrogen) atoms. The molecule has 172 valence electrons. The Labute approximate surface area is 195 Å². The Hall–Kier alpha value is -3.41. The van der Waals surface area contributed by atoms with Crippen molar-refractivity contribution in [1.29, 1.82) is 0 Å². The molecule has 6 heteroatoms. The van der Waals surface area contributed by atoms with Crippen LogP contribution in [-0.2, 0) is 17.8 Å². The van der Waals surface area contributed by atoms with E-state index >= 15 is 0 Å². The molecule has 1 fully saturated rings. The number of piperidine rings is 1. The van der Waals surface area contributed by atoms with Crippen molar-refractivity contribution in [1.82, 2.24) is 14.7 Å². The number of nitrogens with zero attached hydrogens (tertiary/aromatic N) is 3. The highest BCUT2D eigenvalue weighted by Crippen LogP contribution is 2.32. The lowest BCUT2D eigenvalue weighted by Crippen LogP contribution is -2.46. The van der Waals surface area contributed by atoms with E-state index in [4.69, 9.17) is 0 Å². The molecule has 1 saturated heterocycles. The maximum atomic E-state index is 13.5. The molecule has 1 N–H and O–H groups in total. The Morgan fingerprint density at radius 3 is 2.39 bits per heavy atom. The summed E-state index contributed by atoms with van der Waals surface area (Å²) in [6, 6.07) is 18.1. The number of likely N-dealkylation sites (tertiary alicyclic amines) is 1. The Morgan fingerprint density at radius 2 is 1.76 bits per heavy atom. The number of rotatable bonds is 6. The van der Waals surface area contributed by atoms with Crippen LogP contribution in [0.5, 0.6) is 0 Å². The molecular formula is C27H32N4O2. The van der Waals surface area contributed by atoms with E-state index in [1.807, 2.05) is 55.3 Å². The van der Waals surface area contributed by atoms with Crippen LogP contribution in [0.15, 0.2) is 60.8 Å². The maximum Gasteiger partial charge on any atom is 0.257 e. The second-order valence-electron chi connectivity index (χ2n) is 8.77. The van der Waals surface area contributed by atoms with Crippen LogP contribution >= 0.6 is 0 Å².